The minimum absolute atomic E-state index is 0.0753. The van der Waals surface area contributed by atoms with E-state index in [9.17, 15) is 4.79 Å². The summed E-state index contributed by atoms with van der Waals surface area (Å²) >= 11 is 0. The molecule has 0 radical (unpaired) electrons. The summed E-state index contributed by atoms with van der Waals surface area (Å²) in [5, 5.41) is 7.65. The molecule has 6 nitrogen and oxygen atoms in total. The molecule has 0 amide bonds. The van der Waals surface area contributed by atoms with E-state index >= 15 is 0 Å². The summed E-state index contributed by atoms with van der Waals surface area (Å²) in [5.41, 5.74) is 0.439. The summed E-state index contributed by atoms with van der Waals surface area (Å²) in [6.45, 7) is 2.26. The number of aromatic nitrogens is 4. The van der Waals surface area contributed by atoms with Crippen LogP contribution >= 0.6 is 0 Å². The molecule has 0 spiro atoms. The van der Waals surface area contributed by atoms with Crippen LogP contribution in [0.4, 0.5) is 0 Å². The first-order chi connectivity index (χ1) is 8.22. The number of rotatable bonds is 4. The van der Waals surface area contributed by atoms with Crippen LogP contribution in [0.2, 0.25) is 0 Å². The monoisotopic (exact) mass is 234 g/mol. The number of hydrogen-bond donors (Lipinski definition) is 0. The van der Waals surface area contributed by atoms with Crippen molar-refractivity contribution in [2.75, 3.05) is 7.11 Å². The highest BCUT2D eigenvalue weighted by Crippen LogP contribution is 2.00. The van der Waals surface area contributed by atoms with Gasteiger partial charge in [-0.2, -0.15) is 9.36 Å². The van der Waals surface area contributed by atoms with Crippen LogP contribution in [0.1, 0.15) is 6.92 Å². The van der Waals surface area contributed by atoms with Crippen molar-refractivity contribution in [2.45, 2.75) is 19.6 Å². The number of tetrazole rings is 1. The summed E-state index contributed by atoms with van der Waals surface area (Å²) in [5.74, 6) is 0. The molecule has 90 valence electrons. The molecule has 2 rings (SSSR count). The van der Waals surface area contributed by atoms with Gasteiger partial charge in [-0.3, -0.25) is 0 Å². The second-order valence-electron chi connectivity index (χ2n) is 3.74. The lowest BCUT2D eigenvalue weighted by atomic mass is 10.3. The fourth-order valence-corrected chi connectivity index (χ4v) is 1.44. The summed E-state index contributed by atoms with van der Waals surface area (Å²) in [6.07, 6.45) is -0.0753. The Morgan fingerprint density at radius 3 is 2.65 bits per heavy atom. The minimum Gasteiger partial charge on any atom is -0.380 e. The van der Waals surface area contributed by atoms with Crippen molar-refractivity contribution in [1.82, 2.24) is 19.8 Å². The lowest BCUT2D eigenvalue weighted by Crippen LogP contribution is -2.28. The maximum absolute atomic E-state index is 12.0. The summed E-state index contributed by atoms with van der Waals surface area (Å²) < 4.78 is 7.65. The van der Waals surface area contributed by atoms with Crippen LogP contribution in [0, 0.1) is 0 Å². The Morgan fingerprint density at radius 1 is 1.29 bits per heavy atom. The van der Waals surface area contributed by atoms with E-state index in [4.69, 9.17) is 4.74 Å². The van der Waals surface area contributed by atoms with Crippen molar-refractivity contribution >= 4 is 0 Å². The molecule has 0 fully saturated rings. The molecule has 0 bridgehead atoms. The molecule has 0 aliphatic carbocycles. The van der Waals surface area contributed by atoms with Crippen molar-refractivity contribution in [1.29, 1.82) is 0 Å². The summed E-state index contributed by atoms with van der Waals surface area (Å²) in [6, 6.07) is 9.18. The molecular weight excluding hydrogens is 220 g/mol. The smallest absolute Gasteiger partial charge is 0.368 e. The molecule has 2 aromatic rings. The molecule has 1 atom stereocenters. The van der Waals surface area contributed by atoms with Crippen molar-refractivity contribution in [3.05, 3.63) is 40.8 Å². The standard InChI is InChI=1S/C11H14N4O2/c1-9(17-2)8-14-11(16)15(13-12-14)10-6-4-3-5-7-10/h3-7,9H,8H2,1-2H3. The number of hydrogen-bond acceptors (Lipinski definition) is 4. The van der Waals surface area contributed by atoms with Gasteiger partial charge in [-0.05, 0) is 29.5 Å². The average Bonchev–Trinajstić information content (AvgIpc) is 2.72. The SMILES string of the molecule is COC(C)Cn1nnn(-c2ccccc2)c1=O. The molecular formula is C11H14N4O2. The lowest BCUT2D eigenvalue weighted by molar-refractivity contribution is 0.0983. The maximum Gasteiger partial charge on any atom is 0.368 e. The van der Waals surface area contributed by atoms with E-state index in [2.05, 4.69) is 10.4 Å². The van der Waals surface area contributed by atoms with E-state index in [0.717, 1.165) is 0 Å². The fraction of sp³-hybridized carbons (Fsp3) is 0.364. The first-order valence-electron chi connectivity index (χ1n) is 5.33. The van der Waals surface area contributed by atoms with Crippen molar-refractivity contribution in [2.24, 2.45) is 0 Å². The Morgan fingerprint density at radius 2 is 2.00 bits per heavy atom. The first kappa shape index (κ1) is 11.5. The molecule has 0 saturated carbocycles. The zero-order valence-corrected chi connectivity index (χ0v) is 9.78. The van der Waals surface area contributed by atoms with Gasteiger partial charge in [0.2, 0.25) is 0 Å². The second kappa shape index (κ2) is 4.92. The Kier molecular flexibility index (Phi) is 3.34. The van der Waals surface area contributed by atoms with Gasteiger partial charge in [0.15, 0.2) is 0 Å². The van der Waals surface area contributed by atoms with Crippen molar-refractivity contribution in [3.8, 4) is 5.69 Å². The quantitative estimate of drug-likeness (QED) is 0.771. The molecule has 0 aliphatic heterocycles. The number of methoxy groups -OCH3 is 1. The van der Waals surface area contributed by atoms with E-state index in [1.165, 1.54) is 9.36 Å². The Labute approximate surface area is 98.4 Å². The Balaban J connectivity index is 2.31. The zero-order valence-electron chi connectivity index (χ0n) is 9.78. The molecule has 6 heteroatoms. The molecule has 0 saturated heterocycles. The topological polar surface area (TPSA) is 61.9 Å². The van der Waals surface area contributed by atoms with Gasteiger partial charge in [0.05, 0.1) is 18.3 Å². The number of nitrogens with zero attached hydrogens (tertiary/aromatic N) is 4. The maximum atomic E-state index is 12.0. The highest BCUT2D eigenvalue weighted by atomic mass is 16.5. The van der Waals surface area contributed by atoms with Crippen LogP contribution < -0.4 is 5.69 Å². The Hall–Kier alpha value is -1.95. The van der Waals surface area contributed by atoms with Gasteiger partial charge >= 0.3 is 5.69 Å². The van der Waals surface area contributed by atoms with Gasteiger partial charge in [0, 0.05) is 7.11 Å². The Bertz CT molecular complexity index is 532. The van der Waals surface area contributed by atoms with Crippen molar-refractivity contribution < 1.29 is 4.74 Å². The number of para-hydroxylation sites is 1. The van der Waals surface area contributed by atoms with E-state index in [-0.39, 0.29) is 11.8 Å². The van der Waals surface area contributed by atoms with E-state index in [1.54, 1.807) is 19.2 Å². The van der Waals surface area contributed by atoms with Crippen LogP contribution in [0.5, 0.6) is 0 Å². The van der Waals surface area contributed by atoms with Gasteiger partial charge < -0.3 is 4.74 Å². The molecule has 1 aromatic carbocycles. The number of benzene rings is 1. The number of ether oxygens (including phenoxy) is 1. The molecule has 1 aromatic heterocycles. The fourth-order valence-electron chi connectivity index (χ4n) is 1.44. The molecule has 1 heterocycles. The van der Waals surface area contributed by atoms with E-state index in [0.29, 0.717) is 12.2 Å². The summed E-state index contributed by atoms with van der Waals surface area (Å²) in [4.78, 5) is 12.0. The predicted molar refractivity (Wildman–Crippen MR) is 62.1 cm³/mol. The highest BCUT2D eigenvalue weighted by Gasteiger charge is 2.10. The van der Waals surface area contributed by atoms with Gasteiger partial charge in [-0.1, -0.05) is 18.2 Å². The largest absolute Gasteiger partial charge is 0.380 e. The van der Waals surface area contributed by atoms with E-state index in [1.807, 2.05) is 25.1 Å². The highest BCUT2D eigenvalue weighted by molar-refractivity contribution is 5.28. The van der Waals surface area contributed by atoms with Crippen LogP contribution in [0.15, 0.2) is 35.1 Å². The van der Waals surface area contributed by atoms with Gasteiger partial charge in [-0.15, -0.1) is 0 Å². The van der Waals surface area contributed by atoms with Gasteiger partial charge in [0.1, 0.15) is 0 Å². The second-order valence-corrected chi connectivity index (χ2v) is 3.74. The first-order valence-corrected chi connectivity index (χ1v) is 5.33. The third kappa shape index (κ3) is 2.42. The van der Waals surface area contributed by atoms with Crippen LogP contribution in [0.3, 0.4) is 0 Å². The predicted octanol–water partition coefficient (Wildman–Crippen LogP) is 0.464. The van der Waals surface area contributed by atoms with Gasteiger partial charge in [-0.25, -0.2) is 4.79 Å². The molecule has 0 aliphatic rings. The average molecular weight is 234 g/mol. The zero-order chi connectivity index (χ0) is 12.3. The summed E-state index contributed by atoms with van der Waals surface area (Å²) in [7, 11) is 1.59. The molecule has 17 heavy (non-hydrogen) atoms. The van der Waals surface area contributed by atoms with Crippen LogP contribution in [-0.4, -0.2) is 33.0 Å². The lowest BCUT2D eigenvalue weighted by Gasteiger charge is -2.06. The van der Waals surface area contributed by atoms with Gasteiger partial charge in [0.25, 0.3) is 0 Å². The van der Waals surface area contributed by atoms with E-state index < -0.39 is 0 Å². The third-order valence-electron chi connectivity index (χ3n) is 2.47. The minimum atomic E-state index is -0.264. The third-order valence-corrected chi connectivity index (χ3v) is 2.47. The normalized spacial score (nSPS) is 12.6. The van der Waals surface area contributed by atoms with Crippen LogP contribution in [-0.2, 0) is 11.3 Å². The molecule has 1 unspecified atom stereocenters. The van der Waals surface area contributed by atoms with Crippen LogP contribution in [0.25, 0.3) is 5.69 Å². The van der Waals surface area contributed by atoms with Crippen molar-refractivity contribution in [3.63, 3.8) is 0 Å². The molecule has 0 N–H and O–H groups in total.